The topological polar surface area (TPSA) is 74.1 Å². The Morgan fingerprint density at radius 1 is 1.36 bits per heavy atom. The number of carbonyl (C=O) groups is 1. The molecule has 0 N–H and O–H groups in total. The predicted molar refractivity (Wildman–Crippen MR) is 78.4 cm³/mol. The fourth-order valence-corrected chi connectivity index (χ4v) is 3.22. The summed E-state index contributed by atoms with van der Waals surface area (Å²) in [5.74, 6) is 1.61. The molecule has 0 aromatic carbocycles. The third kappa shape index (κ3) is 2.34. The van der Waals surface area contributed by atoms with Gasteiger partial charge in [0.05, 0.1) is 18.7 Å². The number of hydrogen-bond acceptors (Lipinski definition) is 5. The average Bonchev–Trinajstić information content (AvgIpc) is 2.89. The van der Waals surface area contributed by atoms with Gasteiger partial charge < -0.3 is 14.8 Å². The molecule has 0 spiro atoms. The lowest BCUT2D eigenvalue weighted by molar-refractivity contribution is -0.255. The number of pyridine rings is 1. The molecule has 3 heterocycles. The maximum absolute atomic E-state index is 10.8. The number of anilines is 1. The number of aromatic nitrogens is 3. The molecule has 2 aromatic heterocycles. The standard InChI is InChI=1S/C16H18N4O2/c1-10-2-15(19-6-11-3-12(11)7-19)17-4-13(10)8-20-9-14(5-18-20)16(21)22/h2,4-5,9,11-12H,3,6-8H2,1H3,(H,21,22)/p-1. The van der Waals surface area contributed by atoms with Crippen LogP contribution in [0.25, 0.3) is 0 Å². The van der Waals surface area contributed by atoms with Crippen LogP contribution in [-0.4, -0.2) is 33.8 Å². The van der Waals surface area contributed by atoms with Crippen molar-refractivity contribution in [1.82, 2.24) is 14.8 Å². The molecule has 2 fully saturated rings. The van der Waals surface area contributed by atoms with Gasteiger partial charge in [-0.1, -0.05) is 0 Å². The van der Waals surface area contributed by atoms with E-state index >= 15 is 0 Å². The van der Waals surface area contributed by atoms with Crippen LogP contribution in [0.4, 0.5) is 5.82 Å². The Morgan fingerprint density at radius 2 is 2.14 bits per heavy atom. The quantitative estimate of drug-likeness (QED) is 0.819. The fourth-order valence-electron chi connectivity index (χ4n) is 3.22. The third-order valence-corrected chi connectivity index (χ3v) is 4.71. The minimum absolute atomic E-state index is 0.0959. The Bertz CT molecular complexity index is 729. The van der Waals surface area contributed by atoms with Crippen LogP contribution < -0.4 is 10.0 Å². The number of hydrogen-bond donors (Lipinski definition) is 0. The van der Waals surface area contributed by atoms with E-state index in [-0.39, 0.29) is 5.56 Å². The first-order valence-electron chi connectivity index (χ1n) is 7.54. The molecule has 2 aliphatic rings. The van der Waals surface area contributed by atoms with Gasteiger partial charge in [-0.05, 0) is 42.4 Å². The van der Waals surface area contributed by atoms with Crippen molar-refractivity contribution in [3.8, 4) is 0 Å². The lowest BCUT2D eigenvalue weighted by atomic mass is 10.1. The maximum atomic E-state index is 10.8. The highest BCUT2D eigenvalue weighted by atomic mass is 16.4. The SMILES string of the molecule is Cc1cc(N2CC3CC3C2)ncc1Cn1cc(C(=O)[O-])cn1. The summed E-state index contributed by atoms with van der Waals surface area (Å²) in [4.78, 5) is 17.7. The Balaban J connectivity index is 1.50. The molecule has 0 amide bonds. The Labute approximate surface area is 128 Å². The van der Waals surface area contributed by atoms with Crippen LogP contribution in [0.3, 0.4) is 0 Å². The monoisotopic (exact) mass is 297 g/mol. The Hall–Kier alpha value is -2.37. The molecule has 1 saturated carbocycles. The molecule has 1 aliphatic heterocycles. The smallest absolute Gasteiger partial charge is 0.128 e. The second kappa shape index (κ2) is 4.83. The van der Waals surface area contributed by atoms with Crippen LogP contribution in [0.5, 0.6) is 0 Å². The van der Waals surface area contributed by atoms with Gasteiger partial charge in [0.15, 0.2) is 0 Å². The van der Waals surface area contributed by atoms with Crippen LogP contribution in [0.2, 0.25) is 0 Å². The van der Waals surface area contributed by atoms with Crippen molar-refractivity contribution in [3.05, 3.63) is 41.3 Å². The van der Waals surface area contributed by atoms with Gasteiger partial charge in [0.2, 0.25) is 0 Å². The fraction of sp³-hybridized carbons (Fsp3) is 0.438. The number of rotatable bonds is 4. The van der Waals surface area contributed by atoms with Crippen LogP contribution in [0.1, 0.15) is 27.9 Å². The highest BCUT2D eigenvalue weighted by molar-refractivity contribution is 5.84. The second-order valence-corrected chi connectivity index (χ2v) is 6.34. The molecule has 1 saturated heterocycles. The zero-order valence-electron chi connectivity index (χ0n) is 12.4. The van der Waals surface area contributed by atoms with Crippen LogP contribution in [-0.2, 0) is 6.54 Å². The molecule has 114 valence electrons. The Morgan fingerprint density at radius 3 is 2.77 bits per heavy atom. The number of carboxylic acids is 1. The predicted octanol–water partition coefficient (Wildman–Crippen LogP) is 0.454. The summed E-state index contributed by atoms with van der Waals surface area (Å²) in [6.45, 7) is 4.83. The van der Waals surface area contributed by atoms with Gasteiger partial charge in [-0.15, -0.1) is 0 Å². The van der Waals surface area contributed by atoms with Gasteiger partial charge in [-0.2, -0.15) is 5.10 Å². The van der Waals surface area contributed by atoms with Crippen molar-refractivity contribution < 1.29 is 9.90 Å². The van der Waals surface area contributed by atoms with Crippen LogP contribution in [0.15, 0.2) is 24.7 Å². The summed E-state index contributed by atoms with van der Waals surface area (Å²) in [6, 6.07) is 2.11. The summed E-state index contributed by atoms with van der Waals surface area (Å²) < 4.78 is 1.60. The summed E-state index contributed by atoms with van der Waals surface area (Å²) >= 11 is 0. The number of carbonyl (C=O) groups excluding carboxylic acids is 1. The molecule has 1 aliphatic carbocycles. The minimum Gasteiger partial charge on any atom is -0.545 e. The van der Waals surface area contributed by atoms with E-state index in [0.717, 1.165) is 41.9 Å². The molecular weight excluding hydrogens is 280 g/mol. The summed E-state index contributed by atoms with van der Waals surface area (Å²) in [5.41, 5.74) is 2.29. The van der Waals surface area contributed by atoms with Gasteiger partial charge in [-0.25, -0.2) is 4.98 Å². The van der Waals surface area contributed by atoms with Crippen molar-refractivity contribution >= 4 is 11.8 Å². The highest BCUT2D eigenvalue weighted by Crippen LogP contribution is 2.45. The zero-order valence-corrected chi connectivity index (χ0v) is 12.4. The van der Waals surface area contributed by atoms with E-state index in [0.29, 0.717) is 6.54 Å². The van der Waals surface area contributed by atoms with E-state index in [9.17, 15) is 9.90 Å². The van der Waals surface area contributed by atoms with Crippen molar-refractivity contribution in [3.63, 3.8) is 0 Å². The number of fused-ring (bicyclic) bond motifs is 1. The Kier molecular flexibility index (Phi) is 2.92. The summed E-state index contributed by atoms with van der Waals surface area (Å²) in [7, 11) is 0. The van der Waals surface area contributed by atoms with Gasteiger partial charge in [0.1, 0.15) is 5.82 Å². The molecule has 2 atom stereocenters. The van der Waals surface area contributed by atoms with E-state index in [1.165, 1.54) is 18.8 Å². The van der Waals surface area contributed by atoms with E-state index in [2.05, 4.69) is 28.0 Å². The molecule has 2 aromatic rings. The summed E-state index contributed by atoms with van der Waals surface area (Å²) in [6.07, 6.45) is 6.04. The largest absolute Gasteiger partial charge is 0.545 e. The van der Waals surface area contributed by atoms with E-state index in [1.54, 1.807) is 4.68 Å². The van der Waals surface area contributed by atoms with Crippen LogP contribution in [0, 0.1) is 18.8 Å². The minimum atomic E-state index is -1.20. The normalized spacial score (nSPS) is 22.7. The third-order valence-electron chi connectivity index (χ3n) is 4.71. The highest BCUT2D eigenvalue weighted by Gasteiger charge is 2.45. The van der Waals surface area contributed by atoms with Gasteiger partial charge in [-0.3, -0.25) is 4.68 Å². The maximum Gasteiger partial charge on any atom is 0.128 e. The summed E-state index contributed by atoms with van der Waals surface area (Å²) in [5, 5.41) is 14.8. The van der Waals surface area contributed by atoms with Crippen molar-refractivity contribution in [2.24, 2.45) is 11.8 Å². The lowest BCUT2D eigenvalue weighted by Gasteiger charge is -2.20. The first kappa shape index (κ1) is 13.3. The molecule has 0 bridgehead atoms. The second-order valence-electron chi connectivity index (χ2n) is 6.34. The molecule has 2 unspecified atom stereocenters. The molecule has 6 nitrogen and oxygen atoms in total. The van der Waals surface area contributed by atoms with Gasteiger partial charge in [0.25, 0.3) is 0 Å². The number of carboxylic acid groups (broad SMARTS) is 1. The number of nitrogens with zero attached hydrogens (tertiary/aromatic N) is 4. The first-order valence-corrected chi connectivity index (χ1v) is 7.54. The lowest BCUT2D eigenvalue weighted by Crippen LogP contribution is -2.23. The first-order chi connectivity index (χ1) is 10.6. The van der Waals surface area contributed by atoms with Crippen molar-refractivity contribution in [1.29, 1.82) is 0 Å². The van der Waals surface area contributed by atoms with E-state index in [4.69, 9.17) is 0 Å². The molecule has 22 heavy (non-hydrogen) atoms. The molecule has 4 rings (SSSR count). The van der Waals surface area contributed by atoms with E-state index in [1.807, 2.05) is 6.20 Å². The molecule has 6 heteroatoms. The number of aryl methyl sites for hydroxylation is 1. The van der Waals surface area contributed by atoms with Crippen molar-refractivity contribution in [2.75, 3.05) is 18.0 Å². The van der Waals surface area contributed by atoms with Crippen LogP contribution >= 0.6 is 0 Å². The molecular formula is C16H17N4O2-. The zero-order chi connectivity index (χ0) is 15.3. The van der Waals surface area contributed by atoms with Gasteiger partial charge >= 0.3 is 0 Å². The van der Waals surface area contributed by atoms with Crippen molar-refractivity contribution in [2.45, 2.75) is 19.9 Å². The van der Waals surface area contributed by atoms with E-state index < -0.39 is 5.97 Å². The van der Waals surface area contributed by atoms with Gasteiger partial charge in [0, 0.05) is 31.0 Å². The number of piperidine rings is 1. The number of aromatic carboxylic acids is 1. The molecule has 0 radical (unpaired) electrons. The average molecular weight is 297 g/mol.